The first-order valence-corrected chi connectivity index (χ1v) is 10.3. The van der Waals surface area contributed by atoms with Crippen LogP contribution in [0.4, 0.5) is 5.69 Å². The van der Waals surface area contributed by atoms with Crippen molar-refractivity contribution in [1.29, 1.82) is 0 Å². The van der Waals surface area contributed by atoms with Crippen molar-refractivity contribution < 1.29 is 12.8 Å². The fourth-order valence-electron chi connectivity index (χ4n) is 2.72. The molecule has 5 nitrogen and oxygen atoms in total. The molecule has 0 spiro atoms. The Labute approximate surface area is 159 Å². The molecule has 4 rings (SSSR count). The van der Waals surface area contributed by atoms with Crippen LogP contribution in [0.1, 0.15) is 5.56 Å². The molecular weight excluding hydrogens is 392 g/mol. The Morgan fingerprint density at radius 3 is 2.81 bits per heavy atom. The molecule has 0 aliphatic carbocycles. The summed E-state index contributed by atoms with van der Waals surface area (Å²) < 4.78 is 34.9. The summed E-state index contributed by atoms with van der Waals surface area (Å²) >= 11 is 7.26. The first kappa shape index (κ1) is 17.1. The maximum Gasteiger partial charge on any atom is 0.271 e. The minimum atomic E-state index is -3.73. The highest BCUT2D eigenvalue weighted by atomic mass is 35.5. The molecule has 0 saturated heterocycles. The maximum absolute atomic E-state index is 12.9. The Balaban J connectivity index is 1.72. The van der Waals surface area contributed by atoms with Crippen molar-refractivity contribution in [1.82, 2.24) is 4.98 Å². The Morgan fingerprint density at radius 2 is 2.04 bits per heavy atom. The zero-order valence-corrected chi connectivity index (χ0v) is 16.0. The van der Waals surface area contributed by atoms with Gasteiger partial charge in [-0.05, 0) is 48.2 Å². The number of aryl methyl sites for hydroxylation is 1. The van der Waals surface area contributed by atoms with Gasteiger partial charge in [0.1, 0.15) is 4.21 Å². The van der Waals surface area contributed by atoms with Gasteiger partial charge in [-0.15, -0.1) is 11.3 Å². The van der Waals surface area contributed by atoms with Crippen LogP contribution in [0, 0.1) is 6.92 Å². The van der Waals surface area contributed by atoms with Crippen molar-refractivity contribution in [3.05, 3.63) is 65.6 Å². The number of nitrogens with one attached hydrogen (secondary N) is 1. The summed E-state index contributed by atoms with van der Waals surface area (Å²) in [5.41, 5.74) is 1.88. The molecule has 2 heterocycles. The van der Waals surface area contributed by atoms with Crippen LogP contribution in [0.3, 0.4) is 0 Å². The van der Waals surface area contributed by atoms with E-state index >= 15 is 0 Å². The Bertz CT molecular complexity index is 1200. The number of halogens is 1. The Kier molecular flexibility index (Phi) is 4.22. The van der Waals surface area contributed by atoms with Crippen molar-refractivity contribution in [2.24, 2.45) is 0 Å². The lowest BCUT2D eigenvalue weighted by Gasteiger charge is -2.08. The third kappa shape index (κ3) is 3.09. The third-order valence-electron chi connectivity index (χ3n) is 3.93. The number of hydrogen-bond acceptors (Lipinski definition) is 5. The fourth-order valence-corrected chi connectivity index (χ4v) is 5.69. The number of hydrogen-bond donors (Lipinski definition) is 1. The number of rotatable bonds is 4. The standard InChI is InChI=1S/C18H13ClN2O3S2/c1-11-15-8-13(19)5-6-17(15)25-18(11)26(22,23)21-14-4-2-3-12(7-14)16-9-20-10-24-16/h2-10,21H,1H3. The van der Waals surface area contributed by atoms with Crippen molar-refractivity contribution in [3.8, 4) is 11.3 Å². The molecule has 132 valence electrons. The summed E-state index contributed by atoms with van der Waals surface area (Å²) in [6.45, 7) is 1.79. The first-order valence-electron chi connectivity index (χ1n) is 7.64. The molecule has 0 aliphatic heterocycles. The second-order valence-electron chi connectivity index (χ2n) is 5.71. The van der Waals surface area contributed by atoms with E-state index in [0.29, 0.717) is 22.0 Å². The van der Waals surface area contributed by atoms with Crippen LogP contribution >= 0.6 is 22.9 Å². The SMILES string of the molecule is Cc1c(S(=O)(=O)Nc2cccc(-c3cnco3)c2)sc2ccc(Cl)cc12. The van der Waals surface area contributed by atoms with Gasteiger partial charge in [0, 0.05) is 21.0 Å². The van der Waals surface area contributed by atoms with Gasteiger partial charge < -0.3 is 4.42 Å². The average molecular weight is 405 g/mol. The highest BCUT2D eigenvalue weighted by molar-refractivity contribution is 7.94. The lowest BCUT2D eigenvalue weighted by Crippen LogP contribution is -2.12. The quantitative estimate of drug-likeness (QED) is 0.499. The second-order valence-corrected chi connectivity index (χ2v) is 9.07. The molecule has 2 aromatic carbocycles. The van der Waals surface area contributed by atoms with Crippen LogP contribution in [-0.4, -0.2) is 13.4 Å². The van der Waals surface area contributed by atoms with Gasteiger partial charge in [0.15, 0.2) is 12.2 Å². The van der Waals surface area contributed by atoms with Crippen LogP contribution in [-0.2, 0) is 10.0 Å². The minimum Gasteiger partial charge on any atom is -0.444 e. The zero-order valence-electron chi connectivity index (χ0n) is 13.6. The van der Waals surface area contributed by atoms with Crippen LogP contribution in [0.5, 0.6) is 0 Å². The number of thiophene rings is 1. The van der Waals surface area contributed by atoms with Crippen molar-refractivity contribution in [2.75, 3.05) is 4.72 Å². The number of oxazole rings is 1. The highest BCUT2D eigenvalue weighted by Gasteiger charge is 2.22. The molecule has 0 amide bonds. The molecule has 0 atom stereocenters. The zero-order chi connectivity index (χ0) is 18.3. The second kappa shape index (κ2) is 6.42. The largest absolute Gasteiger partial charge is 0.444 e. The van der Waals surface area contributed by atoms with E-state index in [9.17, 15) is 8.42 Å². The van der Waals surface area contributed by atoms with Crippen LogP contribution in [0.15, 0.2) is 63.7 Å². The van der Waals surface area contributed by atoms with Crippen LogP contribution in [0.25, 0.3) is 21.4 Å². The van der Waals surface area contributed by atoms with Crippen molar-refractivity contribution >= 4 is 48.7 Å². The first-order chi connectivity index (χ1) is 12.4. The molecule has 0 unspecified atom stereocenters. The molecule has 0 bridgehead atoms. The van der Waals surface area contributed by atoms with E-state index in [1.54, 1.807) is 43.5 Å². The lowest BCUT2D eigenvalue weighted by molar-refractivity contribution is 0.572. The number of sulfonamides is 1. The minimum absolute atomic E-state index is 0.278. The molecule has 26 heavy (non-hydrogen) atoms. The fraction of sp³-hybridized carbons (Fsp3) is 0.0556. The average Bonchev–Trinajstić information content (AvgIpc) is 3.24. The van der Waals surface area contributed by atoms with Gasteiger partial charge in [0.05, 0.1) is 6.20 Å². The predicted octanol–water partition coefficient (Wildman–Crippen LogP) is 5.32. The third-order valence-corrected chi connectivity index (χ3v) is 7.44. The Morgan fingerprint density at radius 1 is 1.19 bits per heavy atom. The number of anilines is 1. The van der Waals surface area contributed by atoms with E-state index < -0.39 is 10.0 Å². The molecule has 8 heteroatoms. The number of fused-ring (bicyclic) bond motifs is 1. The van der Waals surface area contributed by atoms with E-state index in [0.717, 1.165) is 15.6 Å². The van der Waals surface area contributed by atoms with Gasteiger partial charge in [-0.25, -0.2) is 13.4 Å². The van der Waals surface area contributed by atoms with Crippen molar-refractivity contribution in [2.45, 2.75) is 11.1 Å². The normalized spacial score (nSPS) is 11.8. The highest BCUT2D eigenvalue weighted by Crippen LogP contribution is 2.36. The van der Waals surface area contributed by atoms with E-state index in [1.807, 2.05) is 12.1 Å². The summed E-state index contributed by atoms with van der Waals surface area (Å²) in [5, 5.41) is 1.42. The molecule has 0 fully saturated rings. The number of aromatic nitrogens is 1. The topological polar surface area (TPSA) is 72.2 Å². The van der Waals surface area contributed by atoms with Gasteiger partial charge >= 0.3 is 0 Å². The smallest absolute Gasteiger partial charge is 0.271 e. The number of benzene rings is 2. The summed E-state index contributed by atoms with van der Waals surface area (Å²) in [4.78, 5) is 3.88. The molecule has 0 radical (unpaired) electrons. The van der Waals surface area contributed by atoms with Crippen LogP contribution < -0.4 is 4.72 Å². The summed E-state index contributed by atoms with van der Waals surface area (Å²) in [5.74, 6) is 0.568. The predicted molar refractivity (Wildman–Crippen MR) is 104 cm³/mol. The van der Waals surface area contributed by atoms with E-state index in [2.05, 4.69) is 9.71 Å². The van der Waals surface area contributed by atoms with Gasteiger partial charge in [0.2, 0.25) is 0 Å². The van der Waals surface area contributed by atoms with Gasteiger partial charge in [-0.3, -0.25) is 4.72 Å². The Hall–Kier alpha value is -2.35. The summed E-state index contributed by atoms with van der Waals surface area (Å²) in [6.07, 6.45) is 2.91. The number of nitrogens with zero attached hydrogens (tertiary/aromatic N) is 1. The van der Waals surface area contributed by atoms with Crippen LogP contribution in [0.2, 0.25) is 5.02 Å². The summed E-state index contributed by atoms with van der Waals surface area (Å²) in [7, 11) is -3.73. The van der Waals surface area contributed by atoms with E-state index in [4.69, 9.17) is 16.0 Å². The summed E-state index contributed by atoms with van der Waals surface area (Å²) in [6, 6.07) is 12.3. The van der Waals surface area contributed by atoms with E-state index in [-0.39, 0.29) is 4.21 Å². The molecular formula is C18H13ClN2O3S2. The van der Waals surface area contributed by atoms with Crippen molar-refractivity contribution in [3.63, 3.8) is 0 Å². The molecule has 2 aromatic heterocycles. The molecule has 0 saturated carbocycles. The molecule has 0 aliphatic rings. The maximum atomic E-state index is 12.9. The van der Waals surface area contributed by atoms with Gasteiger partial charge in [-0.2, -0.15) is 0 Å². The van der Waals surface area contributed by atoms with Gasteiger partial charge in [-0.1, -0.05) is 23.7 Å². The van der Waals surface area contributed by atoms with E-state index in [1.165, 1.54) is 17.7 Å². The molecule has 1 N–H and O–H groups in total. The van der Waals surface area contributed by atoms with Gasteiger partial charge in [0.25, 0.3) is 10.0 Å². The molecule has 4 aromatic rings. The lowest BCUT2D eigenvalue weighted by atomic mass is 10.2. The monoisotopic (exact) mass is 404 g/mol.